The summed E-state index contributed by atoms with van der Waals surface area (Å²) in [6.07, 6.45) is 0.445. The molecule has 1 saturated heterocycles. The first-order valence-corrected chi connectivity index (χ1v) is 10.9. The number of fused-ring (bicyclic) bond motifs is 1. The van der Waals surface area contributed by atoms with Crippen LogP contribution in [0.25, 0.3) is 11.2 Å². The molecule has 0 bridgehead atoms. The maximum absolute atomic E-state index is 12.5. The maximum Gasteiger partial charge on any atom is 0.472 e. The number of methoxy groups -OCH3 is 1. The maximum atomic E-state index is 12.5. The van der Waals surface area contributed by atoms with E-state index in [2.05, 4.69) is 15.0 Å². The molecule has 0 saturated carbocycles. The average molecular weight is 429 g/mol. The molecule has 1 aliphatic heterocycles. The van der Waals surface area contributed by atoms with Crippen molar-refractivity contribution in [1.82, 2.24) is 19.5 Å². The molecule has 5 atom stereocenters. The fourth-order valence-electron chi connectivity index (χ4n) is 3.44. The van der Waals surface area contributed by atoms with E-state index in [1.807, 2.05) is 13.8 Å². The average Bonchev–Trinajstić information content (AvgIpc) is 3.13. The number of aromatic nitrogens is 4. The second-order valence-corrected chi connectivity index (χ2v) is 9.04. The van der Waals surface area contributed by atoms with Gasteiger partial charge in [-0.2, -0.15) is 4.98 Å². The quantitative estimate of drug-likeness (QED) is 0.600. The van der Waals surface area contributed by atoms with Crippen molar-refractivity contribution >= 4 is 24.9 Å². The highest BCUT2D eigenvalue weighted by atomic mass is 31.2. The van der Waals surface area contributed by atoms with Gasteiger partial charge in [-0.05, 0) is 26.2 Å². The SMILES string of the molecule is CO[C@H]1C(OP(=O)(O)OC(C)C)[C@@H](CC(C)C)O[C@H]1n1cnc2cnc(N)nc21. The van der Waals surface area contributed by atoms with E-state index in [0.29, 0.717) is 17.6 Å². The molecule has 29 heavy (non-hydrogen) atoms. The normalized spacial score (nSPS) is 27.2. The molecule has 0 spiro atoms. The van der Waals surface area contributed by atoms with Crippen molar-refractivity contribution < 1.29 is 28.0 Å². The molecule has 0 aromatic carbocycles. The standard InChI is InChI=1S/C17H28N5O6P/c1-9(2)6-12-13(28-29(23,24)27-10(3)4)14(25-5)16(26-12)22-8-20-11-7-19-17(18)21-15(11)22/h7-10,12-14,16H,6H2,1-5H3,(H,23,24)(H2,18,19,21)/t12-,13?,14+,16-/m1/s1. The van der Waals surface area contributed by atoms with Gasteiger partial charge >= 0.3 is 7.82 Å². The van der Waals surface area contributed by atoms with E-state index in [-0.39, 0.29) is 11.9 Å². The summed E-state index contributed by atoms with van der Waals surface area (Å²) in [4.78, 5) is 22.6. The monoisotopic (exact) mass is 429 g/mol. The molecule has 3 rings (SSSR count). The van der Waals surface area contributed by atoms with Crippen LogP contribution < -0.4 is 5.73 Å². The van der Waals surface area contributed by atoms with Gasteiger partial charge in [0.15, 0.2) is 11.9 Å². The van der Waals surface area contributed by atoms with Crippen molar-refractivity contribution in [3.8, 4) is 0 Å². The first kappa shape index (κ1) is 22.1. The number of hydrogen-bond acceptors (Lipinski definition) is 9. The van der Waals surface area contributed by atoms with Crippen molar-refractivity contribution in [3.05, 3.63) is 12.5 Å². The number of nitrogen functional groups attached to an aromatic ring is 1. The predicted molar refractivity (Wildman–Crippen MR) is 105 cm³/mol. The number of nitrogens with two attached hydrogens (primary N) is 1. The minimum atomic E-state index is -4.32. The fraction of sp³-hybridized carbons (Fsp3) is 0.706. The Bertz CT molecular complexity index is 890. The van der Waals surface area contributed by atoms with Crippen molar-refractivity contribution in [1.29, 1.82) is 0 Å². The van der Waals surface area contributed by atoms with E-state index in [9.17, 15) is 9.46 Å². The number of ether oxygens (including phenoxy) is 2. The van der Waals surface area contributed by atoms with Gasteiger partial charge in [0, 0.05) is 7.11 Å². The van der Waals surface area contributed by atoms with Crippen LogP contribution in [0.4, 0.5) is 5.95 Å². The van der Waals surface area contributed by atoms with Crippen LogP contribution in [0.5, 0.6) is 0 Å². The van der Waals surface area contributed by atoms with Crippen LogP contribution >= 0.6 is 7.82 Å². The lowest BCUT2D eigenvalue weighted by atomic mass is 10.0. The Hall–Kier alpha value is -1.62. The molecule has 0 radical (unpaired) electrons. The van der Waals surface area contributed by atoms with E-state index in [1.54, 1.807) is 24.7 Å². The minimum absolute atomic E-state index is 0.0999. The first-order chi connectivity index (χ1) is 13.6. The van der Waals surface area contributed by atoms with Crippen LogP contribution in [0.3, 0.4) is 0 Å². The van der Waals surface area contributed by atoms with Gasteiger partial charge in [0.1, 0.15) is 17.7 Å². The van der Waals surface area contributed by atoms with Crippen LogP contribution in [0.1, 0.15) is 40.3 Å². The molecule has 0 aliphatic carbocycles. The fourth-order valence-corrected chi connectivity index (χ4v) is 4.58. The molecular weight excluding hydrogens is 401 g/mol. The molecule has 12 heteroatoms. The Labute approximate surface area is 169 Å². The zero-order valence-corrected chi connectivity index (χ0v) is 18.0. The summed E-state index contributed by atoms with van der Waals surface area (Å²) in [7, 11) is -2.83. The van der Waals surface area contributed by atoms with Crippen molar-refractivity contribution in [2.75, 3.05) is 12.8 Å². The number of anilines is 1. The number of phosphoric acid groups is 1. The topological polar surface area (TPSA) is 144 Å². The predicted octanol–water partition coefficient (Wildman–Crippen LogP) is 2.28. The van der Waals surface area contributed by atoms with E-state index in [4.69, 9.17) is 24.3 Å². The zero-order valence-electron chi connectivity index (χ0n) is 17.1. The second kappa shape index (κ2) is 8.63. The third-order valence-electron chi connectivity index (χ3n) is 4.47. The van der Waals surface area contributed by atoms with Crippen LogP contribution in [0, 0.1) is 5.92 Å². The summed E-state index contributed by atoms with van der Waals surface area (Å²) < 4.78 is 36.6. The lowest BCUT2D eigenvalue weighted by Gasteiger charge is -2.26. The highest BCUT2D eigenvalue weighted by Gasteiger charge is 2.50. The van der Waals surface area contributed by atoms with Crippen molar-refractivity contribution in [2.24, 2.45) is 5.92 Å². The molecule has 0 amide bonds. The summed E-state index contributed by atoms with van der Waals surface area (Å²) in [5, 5.41) is 0. The Kier molecular flexibility index (Phi) is 6.57. The molecule has 2 unspecified atom stereocenters. The molecule has 3 N–H and O–H groups in total. The number of rotatable bonds is 8. The summed E-state index contributed by atoms with van der Waals surface area (Å²) >= 11 is 0. The Morgan fingerprint density at radius 3 is 2.66 bits per heavy atom. The zero-order chi connectivity index (χ0) is 21.3. The number of phosphoric ester groups is 1. The first-order valence-electron chi connectivity index (χ1n) is 9.44. The van der Waals surface area contributed by atoms with E-state index < -0.39 is 38.5 Å². The third kappa shape index (κ3) is 4.93. The molecule has 1 aliphatic rings. The van der Waals surface area contributed by atoms with E-state index >= 15 is 0 Å². The van der Waals surface area contributed by atoms with Gasteiger partial charge in [-0.3, -0.25) is 13.6 Å². The van der Waals surface area contributed by atoms with Crippen LogP contribution in [-0.2, 0) is 23.1 Å². The number of nitrogens with zero attached hydrogens (tertiary/aromatic N) is 4. The van der Waals surface area contributed by atoms with Crippen LogP contribution in [0.15, 0.2) is 12.5 Å². The molecule has 162 valence electrons. The highest BCUT2D eigenvalue weighted by molar-refractivity contribution is 7.47. The highest BCUT2D eigenvalue weighted by Crippen LogP contribution is 2.50. The molecule has 11 nitrogen and oxygen atoms in total. The largest absolute Gasteiger partial charge is 0.472 e. The lowest BCUT2D eigenvalue weighted by Crippen LogP contribution is -2.36. The number of hydrogen-bond donors (Lipinski definition) is 2. The second-order valence-electron chi connectivity index (χ2n) is 7.68. The smallest absolute Gasteiger partial charge is 0.374 e. The molecule has 1 fully saturated rings. The van der Waals surface area contributed by atoms with Gasteiger partial charge in [-0.15, -0.1) is 0 Å². The number of imidazole rings is 1. The summed E-state index contributed by atoms with van der Waals surface area (Å²) in [5.41, 5.74) is 6.73. The van der Waals surface area contributed by atoms with Gasteiger partial charge in [-0.1, -0.05) is 13.8 Å². The Balaban J connectivity index is 1.96. The van der Waals surface area contributed by atoms with E-state index in [1.165, 1.54) is 13.3 Å². The van der Waals surface area contributed by atoms with Crippen molar-refractivity contribution in [2.45, 2.75) is 64.8 Å². The Morgan fingerprint density at radius 2 is 2.03 bits per heavy atom. The Morgan fingerprint density at radius 1 is 1.31 bits per heavy atom. The summed E-state index contributed by atoms with van der Waals surface area (Å²) in [6, 6.07) is 0. The lowest BCUT2D eigenvalue weighted by molar-refractivity contribution is -0.0520. The van der Waals surface area contributed by atoms with Gasteiger partial charge in [0.05, 0.1) is 24.7 Å². The molecule has 2 aromatic heterocycles. The molecular formula is C17H28N5O6P. The minimum Gasteiger partial charge on any atom is -0.374 e. The van der Waals surface area contributed by atoms with Gasteiger partial charge in [0.2, 0.25) is 5.95 Å². The van der Waals surface area contributed by atoms with Gasteiger partial charge in [-0.25, -0.2) is 14.5 Å². The molecule has 3 heterocycles. The van der Waals surface area contributed by atoms with Crippen LogP contribution in [0.2, 0.25) is 0 Å². The van der Waals surface area contributed by atoms with Gasteiger partial charge < -0.3 is 20.1 Å². The van der Waals surface area contributed by atoms with Crippen LogP contribution in [-0.4, -0.2) is 55.9 Å². The summed E-state index contributed by atoms with van der Waals surface area (Å²) in [5.74, 6) is 0.354. The summed E-state index contributed by atoms with van der Waals surface area (Å²) in [6.45, 7) is 7.36. The van der Waals surface area contributed by atoms with Gasteiger partial charge in [0.25, 0.3) is 0 Å². The third-order valence-corrected chi connectivity index (χ3v) is 5.67. The molecule has 2 aromatic rings. The van der Waals surface area contributed by atoms with Crippen molar-refractivity contribution in [3.63, 3.8) is 0 Å². The van der Waals surface area contributed by atoms with E-state index in [0.717, 1.165) is 0 Å².